The number of aliphatic hydroxyl groups is 1. The van der Waals surface area contributed by atoms with Gasteiger partial charge in [0, 0.05) is 46.9 Å². The number of carbonyl (C=O) groups is 2. The number of hydrogen-bond donors (Lipinski definition) is 2. The number of unbranched alkanes of at least 4 members (excludes halogenated alkanes) is 1. The number of allylic oxidation sites excluding steroid dienone is 2. The average molecular weight is 463 g/mol. The van der Waals surface area contributed by atoms with Gasteiger partial charge in [-0.3, -0.25) is 9.59 Å². The number of aliphatic carboxylic acids is 1. The summed E-state index contributed by atoms with van der Waals surface area (Å²) in [4.78, 5) is 24.4. The Morgan fingerprint density at radius 2 is 1.83 bits per heavy atom. The lowest BCUT2D eigenvalue weighted by molar-refractivity contribution is -0.137. The number of carboxylic acids is 1. The largest absolute Gasteiger partial charge is 0.481 e. The summed E-state index contributed by atoms with van der Waals surface area (Å²) in [6.07, 6.45) is 5.86. The summed E-state index contributed by atoms with van der Waals surface area (Å²) < 4.78 is 0. The van der Waals surface area contributed by atoms with E-state index in [1.54, 1.807) is 23.1 Å². The first kappa shape index (κ1) is 24.0. The molecule has 1 aliphatic rings. The predicted molar refractivity (Wildman–Crippen MR) is 117 cm³/mol. The van der Waals surface area contributed by atoms with Crippen LogP contribution in [0.3, 0.4) is 0 Å². The molecule has 1 saturated carbocycles. The van der Waals surface area contributed by atoms with E-state index in [2.05, 4.69) is 0 Å². The van der Waals surface area contributed by atoms with E-state index in [1.165, 1.54) is 6.92 Å². The van der Waals surface area contributed by atoms with E-state index in [0.717, 1.165) is 0 Å². The number of rotatable bonds is 9. The van der Waals surface area contributed by atoms with Crippen molar-refractivity contribution in [3.05, 3.63) is 40.4 Å². The van der Waals surface area contributed by atoms with Gasteiger partial charge >= 0.3 is 5.97 Å². The highest BCUT2D eigenvalue weighted by molar-refractivity contribution is 6.35. The number of alkyl halides is 1. The van der Waals surface area contributed by atoms with Gasteiger partial charge in [-0.15, -0.1) is 11.6 Å². The van der Waals surface area contributed by atoms with Gasteiger partial charge < -0.3 is 15.1 Å². The minimum absolute atomic E-state index is 0.00102. The van der Waals surface area contributed by atoms with Crippen molar-refractivity contribution in [2.24, 2.45) is 11.8 Å². The summed E-state index contributed by atoms with van der Waals surface area (Å²) in [5.41, 5.74) is 0.586. The van der Waals surface area contributed by atoms with Crippen LogP contribution >= 0.6 is 34.8 Å². The summed E-state index contributed by atoms with van der Waals surface area (Å²) in [6, 6.07) is 4.94. The zero-order valence-corrected chi connectivity index (χ0v) is 18.5. The number of hydrogen-bond acceptors (Lipinski definition) is 3. The molecular weight excluding hydrogens is 437 g/mol. The Morgan fingerprint density at radius 3 is 2.41 bits per heavy atom. The molecular formula is C21H26Cl3NO4. The van der Waals surface area contributed by atoms with Crippen molar-refractivity contribution in [2.45, 2.75) is 50.5 Å². The molecule has 2 rings (SSSR count). The summed E-state index contributed by atoms with van der Waals surface area (Å²) >= 11 is 18.7. The number of nitrogens with zero attached hydrogens (tertiary/aromatic N) is 1. The second-order valence-electron chi connectivity index (χ2n) is 7.40. The van der Waals surface area contributed by atoms with Gasteiger partial charge in [0.15, 0.2) is 0 Å². The molecule has 0 aliphatic heterocycles. The van der Waals surface area contributed by atoms with Gasteiger partial charge in [-0.1, -0.05) is 35.4 Å². The van der Waals surface area contributed by atoms with Gasteiger partial charge in [-0.25, -0.2) is 0 Å². The van der Waals surface area contributed by atoms with E-state index >= 15 is 0 Å². The van der Waals surface area contributed by atoms with Crippen molar-refractivity contribution in [2.75, 3.05) is 11.4 Å². The summed E-state index contributed by atoms with van der Waals surface area (Å²) in [7, 11) is 0. The molecule has 0 bridgehead atoms. The lowest BCUT2D eigenvalue weighted by Crippen LogP contribution is -2.38. The minimum atomic E-state index is -0.802. The fraction of sp³-hybridized carbons (Fsp3) is 0.524. The Kier molecular flexibility index (Phi) is 9.28. The third kappa shape index (κ3) is 7.18. The van der Waals surface area contributed by atoms with Crippen molar-refractivity contribution in [1.82, 2.24) is 0 Å². The van der Waals surface area contributed by atoms with E-state index in [4.69, 9.17) is 39.9 Å². The number of amides is 1. The van der Waals surface area contributed by atoms with Gasteiger partial charge in [-0.2, -0.15) is 0 Å². The summed E-state index contributed by atoms with van der Waals surface area (Å²) in [5.74, 6) is -1.16. The molecule has 2 N–H and O–H groups in total. The highest BCUT2D eigenvalue weighted by atomic mass is 35.5. The normalized spacial score (nSPS) is 24.2. The van der Waals surface area contributed by atoms with Crippen molar-refractivity contribution in [1.29, 1.82) is 0 Å². The van der Waals surface area contributed by atoms with Crippen LogP contribution < -0.4 is 4.90 Å². The molecule has 0 heterocycles. The molecule has 1 aromatic rings. The first-order chi connectivity index (χ1) is 13.7. The van der Waals surface area contributed by atoms with Gasteiger partial charge in [0.2, 0.25) is 5.91 Å². The molecule has 29 heavy (non-hydrogen) atoms. The number of aliphatic hydroxyl groups excluding tert-OH is 1. The minimum Gasteiger partial charge on any atom is -0.481 e. The smallest absolute Gasteiger partial charge is 0.303 e. The summed E-state index contributed by atoms with van der Waals surface area (Å²) in [5, 5.41) is 19.9. The zero-order chi connectivity index (χ0) is 21.6. The van der Waals surface area contributed by atoms with Gasteiger partial charge in [0.25, 0.3) is 0 Å². The van der Waals surface area contributed by atoms with Gasteiger partial charge in [0.1, 0.15) is 0 Å². The third-order valence-electron chi connectivity index (χ3n) is 5.24. The summed E-state index contributed by atoms with van der Waals surface area (Å²) in [6.45, 7) is 1.78. The maximum absolute atomic E-state index is 12.3. The fourth-order valence-electron chi connectivity index (χ4n) is 3.78. The second-order valence-corrected chi connectivity index (χ2v) is 8.83. The second kappa shape index (κ2) is 11.2. The predicted octanol–water partition coefficient (Wildman–Crippen LogP) is 5.15. The number of anilines is 1. The maximum atomic E-state index is 12.3. The number of carboxylic acid groups (broad SMARTS) is 1. The molecule has 4 atom stereocenters. The lowest BCUT2D eigenvalue weighted by Gasteiger charge is -2.30. The molecule has 8 heteroatoms. The zero-order valence-electron chi connectivity index (χ0n) is 16.2. The maximum Gasteiger partial charge on any atom is 0.303 e. The molecule has 0 aromatic heterocycles. The van der Waals surface area contributed by atoms with Crippen LogP contribution in [0.5, 0.6) is 0 Å². The number of carbonyl (C=O) groups excluding carboxylic acids is 1. The Balaban J connectivity index is 2.08. The van der Waals surface area contributed by atoms with E-state index in [1.807, 2.05) is 12.2 Å². The molecule has 160 valence electrons. The topological polar surface area (TPSA) is 77.8 Å². The molecule has 1 fully saturated rings. The van der Waals surface area contributed by atoms with Crippen LogP contribution in [0.2, 0.25) is 10.0 Å². The first-order valence-electron chi connectivity index (χ1n) is 9.62. The Labute approximate surface area is 186 Å². The SMILES string of the molecule is CC(=O)N(C[C@@H]1[C@@H](C/C=C/CCCC(=O)O)[C@H](Cl)C[C@H]1O)c1cc(Cl)cc(Cl)c1. The molecule has 1 aliphatic carbocycles. The molecule has 0 radical (unpaired) electrons. The van der Waals surface area contributed by atoms with Crippen LogP contribution in [-0.4, -0.2) is 40.1 Å². The molecule has 0 spiro atoms. The van der Waals surface area contributed by atoms with E-state index in [0.29, 0.717) is 48.0 Å². The molecule has 5 nitrogen and oxygen atoms in total. The standard InChI is InChI=1S/C21H26Cl3NO4/c1-13(26)25(16-9-14(22)8-15(23)10-16)12-18-17(19(24)11-20(18)27)6-4-2-3-5-7-21(28)29/h2,4,8-10,17-20,27H,3,5-7,11-12H2,1H3,(H,28,29)/b4-2+/t17-,18-,19-,20-/m1/s1. The molecule has 0 unspecified atom stereocenters. The number of benzene rings is 1. The van der Waals surface area contributed by atoms with E-state index < -0.39 is 12.1 Å². The fourth-order valence-corrected chi connectivity index (χ4v) is 4.76. The van der Waals surface area contributed by atoms with Crippen LogP contribution in [-0.2, 0) is 9.59 Å². The first-order valence-corrected chi connectivity index (χ1v) is 10.8. The van der Waals surface area contributed by atoms with E-state index in [9.17, 15) is 14.7 Å². The van der Waals surface area contributed by atoms with Crippen molar-refractivity contribution in [3.63, 3.8) is 0 Å². The Morgan fingerprint density at radius 1 is 1.17 bits per heavy atom. The molecule has 1 aromatic carbocycles. The van der Waals surface area contributed by atoms with Crippen molar-refractivity contribution >= 4 is 52.4 Å². The van der Waals surface area contributed by atoms with E-state index in [-0.39, 0.29) is 29.5 Å². The number of halogens is 3. The van der Waals surface area contributed by atoms with Crippen molar-refractivity contribution < 1.29 is 19.8 Å². The highest BCUT2D eigenvalue weighted by Crippen LogP contribution is 2.40. The van der Waals surface area contributed by atoms with Crippen LogP contribution in [0.25, 0.3) is 0 Å². The van der Waals surface area contributed by atoms with Crippen LogP contribution in [0, 0.1) is 11.8 Å². The monoisotopic (exact) mass is 461 g/mol. The van der Waals surface area contributed by atoms with Crippen LogP contribution in [0.1, 0.15) is 39.0 Å². The van der Waals surface area contributed by atoms with Crippen molar-refractivity contribution in [3.8, 4) is 0 Å². The van der Waals surface area contributed by atoms with Crippen LogP contribution in [0.15, 0.2) is 30.4 Å². The average Bonchev–Trinajstić information content (AvgIpc) is 2.87. The van der Waals surface area contributed by atoms with Gasteiger partial charge in [-0.05, 0) is 49.8 Å². The van der Waals surface area contributed by atoms with Crippen LogP contribution in [0.4, 0.5) is 5.69 Å². The van der Waals surface area contributed by atoms with Gasteiger partial charge in [0.05, 0.1) is 6.10 Å². The lowest BCUT2D eigenvalue weighted by atomic mass is 9.90. The third-order valence-corrected chi connectivity index (χ3v) is 6.18. The molecule has 1 amide bonds. The Hall–Kier alpha value is -1.27. The highest BCUT2D eigenvalue weighted by Gasteiger charge is 2.42. The molecule has 0 saturated heterocycles. The Bertz CT molecular complexity index is 735. The quantitative estimate of drug-likeness (QED) is 0.302.